The summed E-state index contributed by atoms with van der Waals surface area (Å²) >= 11 is 3.57. The quantitative estimate of drug-likeness (QED) is 0.226. The molecule has 0 radical (unpaired) electrons. The van der Waals surface area contributed by atoms with Crippen LogP contribution in [0.25, 0.3) is 27.8 Å². The Morgan fingerprint density at radius 2 is 1.89 bits per heavy atom. The Bertz CT molecular complexity index is 1440. The van der Waals surface area contributed by atoms with E-state index < -0.39 is 5.97 Å². The Hall–Kier alpha value is -3.23. The maximum absolute atomic E-state index is 12.9. The van der Waals surface area contributed by atoms with E-state index in [0.717, 1.165) is 64.1 Å². The number of aromatic nitrogens is 3. The van der Waals surface area contributed by atoms with E-state index in [1.807, 2.05) is 35.0 Å². The van der Waals surface area contributed by atoms with Crippen molar-refractivity contribution in [3.63, 3.8) is 0 Å². The van der Waals surface area contributed by atoms with Gasteiger partial charge < -0.3 is 14.4 Å². The molecule has 38 heavy (non-hydrogen) atoms. The Labute approximate surface area is 231 Å². The second-order valence-corrected chi connectivity index (χ2v) is 10.8. The molecule has 7 nitrogen and oxygen atoms in total. The van der Waals surface area contributed by atoms with Gasteiger partial charge in [0.05, 0.1) is 23.4 Å². The first-order chi connectivity index (χ1) is 18.4. The van der Waals surface area contributed by atoms with Crippen molar-refractivity contribution in [2.45, 2.75) is 45.6 Å². The van der Waals surface area contributed by atoms with E-state index in [1.54, 1.807) is 6.92 Å². The van der Waals surface area contributed by atoms with Gasteiger partial charge in [-0.2, -0.15) is 5.10 Å². The summed E-state index contributed by atoms with van der Waals surface area (Å²) in [5, 5.41) is 5.94. The van der Waals surface area contributed by atoms with Crippen molar-refractivity contribution >= 4 is 38.6 Å². The number of nitrogens with zero attached hydrogens (tertiary/aromatic N) is 4. The van der Waals surface area contributed by atoms with Crippen molar-refractivity contribution in [2.24, 2.45) is 0 Å². The molecule has 8 heteroatoms. The summed E-state index contributed by atoms with van der Waals surface area (Å²) in [6.07, 6.45) is 2.05. The van der Waals surface area contributed by atoms with Crippen molar-refractivity contribution in [3.05, 3.63) is 70.5 Å². The minimum absolute atomic E-state index is 0.152. The van der Waals surface area contributed by atoms with Gasteiger partial charge >= 0.3 is 5.97 Å². The lowest BCUT2D eigenvalue weighted by Crippen LogP contribution is -2.36. The molecule has 2 aromatic heterocycles. The lowest BCUT2D eigenvalue weighted by atomic mass is 9.97. The number of carbonyl (C=O) groups is 1. The maximum atomic E-state index is 12.9. The van der Waals surface area contributed by atoms with Gasteiger partial charge in [0.1, 0.15) is 0 Å². The van der Waals surface area contributed by atoms with Crippen molar-refractivity contribution in [3.8, 4) is 16.8 Å². The molecule has 198 valence electrons. The second kappa shape index (κ2) is 11.3. The third-order valence-corrected chi connectivity index (χ3v) is 7.57. The fourth-order valence-corrected chi connectivity index (χ4v) is 5.42. The highest BCUT2D eigenvalue weighted by Crippen LogP contribution is 2.36. The maximum Gasteiger partial charge on any atom is 0.357 e. The van der Waals surface area contributed by atoms with Crippen LogP contribution in [0.5, 0.6) is 0 Å². The van der Waals surface area contributed by atoms with Crippen molar-refractivity contribution < 1.29 is 14.3 Å². The van der Waals surface area contributed by atoms with E-state index in [0.29, 0.717) is 11.7 Å². The van der Waals surface area contributed by atoms with Crippen molar-refractivity contribution in [1.82, 2.24) is 14.8 Å². The number of esters is 1. The number of rotatable bonds is 7. The third kappa shape index (κ3) is 5.20. The van der Waals surface area contributed by atoms with Crippen LogP contribution in [0.4, 0.5) is 5.69 Å². The molecule has 0 unspecified atom stereocenters. The van der Waals surface area contributed by atoms with E-state index in [-0.39, 0.29) is 18.2 Å². The van der Waals surface area contributed by atoms with E-state index in [2.05, 4.69) is 66.0 Å². The number of benzene rings is 2. The summed E-state index contributed by atoms with van der Waals surface area (Å²) in [4.78, 5) is 20.0. The summed E-state index contributed by atoms with van der Waals surface area (Å²) in [5.74, 6) is -0.293. The first-order valence-corrected chi connectivity index (χ1v) is 13.9. The molecule has 0 atom stereocenters. The fraction of sp³-hybridized carbons (Fsp3) is 0.367. The first-order valence-electron chi connectivity index (χ1n) is 13.1. The van der Waals surface area contributed by atoms with Gasteiger partial charge in [-0.1, -0.05) is 48.0 Å². The zero-order valence-corrected chi connectivity index (χ0v) is 23.9. The molecule has 0 aliphatic carbocycles. The van der Waals surface area contributed by atoms with Gasteiger partial charge in [0, 0.05) is 36.5 Å². The van der Waals surface area contributed by atoms with Gasteiger partial charge in [0.2, 0.25) is 0 Å². The Balaban J connectivity index is 1.67. The van der Waals surface area contributed by atoms with E-state index in [4.69, 9.17) is 19.6 Å². The van der Waals surface area contributed by atoms with Gasteiger partial charge in [-0.05, 0) is 73.2 Å². The monoisotopic (exact) mass is 576 g/mol. The van der Waals surface area contributed by atoms with Crippen LogP contribution < -0.4 is 4.90 Å². The van der Waals surface area contributed by atoms with Gasteiger partial charge in [0.25, 0.3) is 0 Å². The predicted octanol–water partition coefficient (Wildman–Crippen LogP) is 6.77. The molecule has 0 bridgehead atoms. The average Bonchev–Trinajstić information content (AvgIpc) is 3.33. The fourth-order valence-electron chi connectivity index (χ4n) is 5.03. The van der Waals surface area contributed by atoms with Crippen LogP contribution in [-0.2, 0) is 9.47 Å². The molecule has 0 saturated carbocycles. The van der Waals surface area contributed by atoms with Crippen LogP contribution in [0.2, 0.25) is 0 Å². The number of halogens is 1. The van der Waals surface area contributed by atoms with Crippen molar-refractivity contribution in [1.29, 1.82) is 0 Å². The number of ether oxygens (including phenoxy) is 2. The normalized spacial score (nSPS) is 14.3. The standard InChI is InChI=1S/C30H33BrN4O3/c1-5-38-30(36)26-18-25(20-9-11-22(12-10-20)34(4)23-13-15-37-16-14-23)27-28(19(2)3)33-35(29(27)32-26)24-8-6-7-21(31)17-24/h6-12,17-19,23H,5,13-16H2,1-4H3. The second-order valence-electron chi connectivity index (χ2n) is 9.91. The number of carbonyl (C=O) groups excluding carboxylic acids is 1. The summed E-state index contributed by atoms with van der Waals surface area (Å²) in [5.41, 5.74) is 5.78. The molecule has 3 heterocycles. The highest BCUT2D eigenvalue weighted by atomic mass is 79.9. The third-order valence-electron chi connectivity index (χ3n) is 7.07. The van der Waals surface area contributed by atoms with E-state index >= 15 is 0 Å². The number of hydrogen-bond donors (Lipinski definition) is 0. The molecule has 0 spiro atoms. The number of fused-ring (bicyclic) bond motifs is 1. The molecule has 1 saturated heterocycles. The predicted molar refractivity (Wildman–Crippen MR) is 154 cm³/mol. The van der Waals surface area contributed by atoms with Crippen LogP contribution in [0.15, 0.2) is 59.1 Å². The minimum Gasteiger partial charge on any atom is -0.461 e. The molecule has 4 aromatic rings. The SMILES string of the molecule is CCOC(=O)c1cc(-c2ccc(N(C)C3CCOCC3)cc2)c2c(C(C)C)nn(-c3cccc(Br)c3)c2n1. The zero-order valence-electron chi connectivity index (χ0n) is 22.3. The van der Waals surface area contributed by atoms with E-state index in [9.17, 15) is 4.79 Å². The summed E-state index contributed by atoms with van der Waals surface area (Å²) in [7, 11) is 2.15. The highest BCUT2D eigenvalue weighted by Gasteiger charge is 2.24. The number of hydrogen-bond acceptors (Lipinski definition) is 6. The average molecular weight is 578 g/mol. The molecule has 0 N–H and O–H groups in total. The van der Waals surface area contributed by atoms with Crippen LogP contribution in [0, 0.1) is 0 Å². The highest BCUT2D eigenvalue weighted by molar-refractivity contribution is 9.10. The topological polar surface area (TPSA) is 69.5 Å². The Morgan fingerprint density at radius 1 is 1.16 bits per heavy atom. The van der Waals surface area contributed by atoms with Crippen LogP contribution >= 0.6 is 15.9 Å². The van der Waals surface area contributed by atoms with Gasteiger partial charge in [-0.3, -0.25) is 0 Å². The smallest absolute Gasteiger partial charge is 0.357 e. The minimum atomic E-state index is -0.445. The largest absolute Gasteiger partial charge is 0.461 e. The summed E-state index contributed by atoms with van der Waals surface area (Å²) in [6.45, 7) is 7.94. The Morgan fingerprint density at radius 3 is 2.55 bits per heavy atom. The molecular weight excluding hydrogens is 544 g/mol. The molecule has 1 aliphatic rings. The number of pyridine rings is 1. The number of anilines is 1. The molecule has 1 fully saturated rings. The van der Waals surface area contributed by atoms with E-state index in [1.165, 1.54) is 0 Å². The van der Waals surface area contributed by atoms with Gasteiger partial charge in [-0.15, -0.1) is 0 Å². The summed E-state index contributed by atoms with van der Waals surface area (Å²) in [6, 6.07) is 18.8. The molecule has 1 aliphatic heterocycles. The zero-order chi connectivity index (χ0) is 26.8. The van der Waals surface area contributed by atoms with Crippen LogP contribution in [0.3, 0.4) is 0 Å². The van der Waals surface area contributed by atoms with Crippen molar-refractivity contribution in [2.75, 3.05) is 31.8 Å². The van der Waals surface area contributed by atoms with Gasteiger partial charge in [0.15, 0.2) is 11.3 Å². The lowest BCUT2D eigenvalue weighted by Gasteiger charge is -2.33. The van der Waals surface area contributed by atoms with Crippen LogP contribution in [-0.4, -0.2) is 53.6 Å². The molecule has 2 aromatic carbocycles. The van der Waals surface area contributed by atoms with Gasteiger partial charge in [-0.25, -0.2) is 14.5 Å². The molecular formula is C30H33BrN4O3. The Kier molecular flexibility index (Phi) is 7.81. The summed E-state index contributed by atoms with van der Waals surface area (Å²) < 4.78 is 13.7. The molecule has 5 rings (SSSR count). The first kappa shape index (κ1) is 26.4. The molecule has 0 amide bonds. The lowest BCUT2D eigenvalue weighted by molar-refractivity contribution is 0.0520. The van der Waals surface area contributed by atoms with Crippen LogP contribution in [0.1, 0.15) is 55.7 Å².